The first-order valence-corrected chi connectivity index (χ1v) is 10.1. The van der Waals surface area contributed by atoms with Gasteiger partial charge in [0.25, 0.3) is 0 Å². The molecule has 29 heavy (non-hydrogen) atoms. The normalized spacial score (nSPS) is 14.7. The molecule has 1 aliphatic heterocycles. The van der Waals surface area contributed by atoms with Gasteiger partial charge in [-0.3, -0.25) is 9.69 Å². The Balaban J connectivity index is 1.31. The van der Waals surface area contributed by atoms with E-state index in [2.05, 4.69) is 34.1 Å². The van der Waals surface area contributed by atoms with E-state index in [1.54, 1.807) is 6.07 Å². The van der Waals surface area contributed by atoms with Crippen LogP contribution in [0.25, 0.3) is 0 Å². The van der Waals surface area contributed by atoms with Gasteiger partial charge in [0.05, 0.1) is 6.54 Å². The lowest BCUT2D eigenvalue weighted by molar-refractivity contribution is 0.224. The molecule has 0 radical (unpaired) electrons. The zero-order valence-corrected chi connectivity index (χ0v) is 16.8. The Morgan fingerprint density at radius 2 is 1.76 bits per heavy atom. The second kappa shape index (κ2) is 9.16. The van der Waals surface area contributed by atoms with Gasteiger partial charge in [-0.2, -0.15) is 0 Å². The number of ether oxygens (including phenoxy) is 1. The van der Waals surface area contributed by atoms with Crippen molar-refractivity contribution in [3.8, 4) is 5.75 Å². The zero-order chi connectivity index (χ0) is 20.1. The van der Waals surface area contributed by atoms with E-state index >= 15 is 0 Å². The first kappa shape index (κ1) is 19.6. The van der Waals surface area contributed by atoms with E-state index in [0.29, 0.717) is 17.3 Å². The number of nitrogens with zero attached hydrogens (tertiary/aromatic N) is 2. The Bertz CT molecular complexity index is 998. The average Bonchev–Trinajstić information content (AvgIpc) is 2.74. The summed E-state index contributed by atoms with van der Waals surface area (Å²) in [4.78, 5) is 17.0. The van der Waals surface area contributed by atoms with E-state index < -0.39 is 0 Å². The van der Waals surface area contributed by atoms with Gasteiger partial charge in [-0.15, -0.1) is 0 Å². The third kappa shape index (κ3) is 5.19. The molecule has 6 heteroatoms. The van der Waals surface area contributed by atoms with E-state index in [0.717, 1.165) is 31.7 Å². The van der Waals surface area contributed by atoms with Crippen LogP contribution < -0.4 is 15.1 Å². The molecule has 0 spiro atoms. The van der Waals surface area contributed by atoms with Gasteiger partial charge in [0, 0.05) is 43.0 Å². The summed E-state index contributed by atoms with van der Waals surface area (Å²) in [6.07, 6.45) is 1.41. The summed E-state index contributed by atoms with van der Waals surface area (Å²) in [5, 5.41) is 0.640. The highest BCUT2D eigenvalue weighted by Crippen LogP contribution is 2.17. The highest BCUT2D eigenvalue weighted by atomic mass is 35.5. The number of hydrogen-bond donors (Lipinski definition) is 0. The van der Waals surface area contributed by atoms with Gasteiger partial charge in [-0.05, 0) is 29.8 Å². The molecule has 0 atom stereocenters. The highest BCUT2D eigenvalue weighted by molar-refractivity contribution is 6.30. The minimum atomic E-state index is -0.170. The van der Waals surface area contributed by atoms with Crippen molar-refractivity contribution in [3.63, 3.8) is 0 Å². The molecule has 0 aliphatic carbocycles. The van der Waals surface area contributed by atoms with Gasteiger partial charge in [0.2, 0.25) is 11.2 Å². The van der Waals surface area contributed by atoms with E-state index in [1.807, 2.05) is 24.3 Å². The predicted octanol–water partition coefficient (Wildman–Crippen LogP) is 4.19. The third-order valence-electron chi connectivity index (χ3n) is 5.01. The van der Waals surface area contributed by atoms with Crippen LogP contribution in [0.3, 0.4) is 0 Å². The highest BCUT2D eigenvalue weighted by Gasteiger charge is 2.18. The Kier molecular flexibility index (Phi) is 6.17. The van der Waals surface area contributed by atoms with Gasteiger partial charge in [-0.1, -0.05) is 41.9 Å². The molecule has 0 unspecified atom stereocenters. The molecule has 0 bridgehead atoms. The Hall–Kier alpha value is -2.76. The van der Waals surface area contributed by atoms with Crippen LogP contribution >= 0.6 is 11.6 Å². The topological polar surface area (TPSA) is 45.9 Å². The summed E-state index contributed by atoms with van der Waals surface area (Å²) >= 11 is 5.97. The van der Waals surface area contributed by atoms with Crippen molar-refractivity contribution < 1.29 is 9.15 Å². The molecule has 0 amide bonds. The van der Waals surface area contributed by atoms with Gasteiger partial charge >= 0.3 is 0 Å². The lowest BCUT2D eigenvalue weighted by atomic mass is 10.2. The molecule has 2 aromatic carbocycles. The van der Waals surface area contributed by atoms with Crippen molar-refractivity contribution >= 4 is 17.3 Å². The van der Waals surface area contributed by atoms with Crippen LogP contribution in [0.4, 0.5) is 5.69 Å². The standard InChI is InChI=1S/C23H23ClN2O3/c24-19-6-4-5-18(13-19)16-29-23-17-28-21(14-22(23)27)15-25-9-11-26(12-10-25)20-7-2-1-3-8-20/h1-8,13-14,17H,9-12,15-16H2. The van der Waals surface area contributed by atoms with E-state index in [-0.39, 0.29) is 17.8 Å². The van der Waals surface area contributed by atoms with Crippen molar-refractivity contribution in [2.75, 3.05) is 31.1 Å². The number of piperazine rings is 1. The molecular formula is C23H23ClN2O3. The summed E-state index contributed by atoms with van der Waals surface area (Å²) < 4.78 is 11.3. The Morgan fingerprint density at radius 3 is 2.48 bits per heavy atom. The lowest BCUT2D eigenvalue weighted by Gasteiger charge is -2.35. The molecule has 150 valence electrons. The van der Waals surface area contributed by atoms with Crippen molar-refractivity contribution in [1.82, 2.24) is 4.90 Å². The average molecular weight is 411 g/mol. The number of halogens is 1. The first-order valence-electron chi connectivity index (χ1n) is 9.69. The van der Waals surface area contributed by atoms with Gasteiger partial charge < -0.3 is 14.1 Å². The molecule has 3 aromatic rings. The van der Waals surface area contributed by atoms with Crippen LogP contribution in [0.1, 0.15) is 11.3 Å². The number of anilines is 1. The SMILES string of the molecule is O=c1cc(CN2CCN(c3ccccc3)CC2)occ1OCc1cccc(Cl)c1. The van der Waals surface area contributed by atoms with Gasteiger partial charge in [0.15, 0.2) is 0 Å². The second-order valence-electron chi connectivity index (χ2n) is 7.09. The van der Waals surface area contributed by atoms with E-state index in [1.165, 1.54) is 18.0 Å². The first-order chi connectivity index (χ1) is 14.2. The van der Waals surface area contributed by atoms with E-state index in [4.69, 9.17) is 20.8 Å². The molecular weight excluding hydrogens is 388 g/mol. The number of para-hydroxylation sites is 1. The monoisotopic (exact) mass is 410 g/mol. The van der Waals surface area contributed by atoms with Crippen LogP contribution in [-0.2, 0) is 13.2 Å². The fraction of sp³-hybridized carbons (Fsp3) is 0.261. The fourth-order valence-corrected chi connectivity index (χ4v) is 3.65. The fourth-order valence-electron chi connectivity index (χ4n) is 3.44. The molecule has 2 heterocycles. The largest absolute Gasteiger partial charge is 0.482 e. The van der Waals surface area contributed by atoms with Crippen LogP contribution in [0.2, 0.25) is 5.02 Å². The van der Waals surface area contributed by atoms with Gasteiger partial charge in [0.1, 0.15) is 18.6 Å². The summed E-state index contributed by atoms with van der Waals surface area (Å²) in [5.41, 5.74) is 1.98. The number of benzene rings is 2. The minimum absolute atomic E-state index is 0.170. The zero-order valence-electron chi connectivity index (χ0n) is 16.1. The Morgan fingerprint density at radius 1 is 0.966 bits per heavy atom. The smallest absolute Gasteiger partial charge is 0.227 e. The molecule has 1 aromatic heterocycles. The van der Waals surface area contributed by atoms with Crippen molar-refractivity contribution in [1.29, 1.82) is 0 Å². The van der Waals surface area contributed by atoms with Crippen LogP contribution in [0, 0.1) is 0 Å². The van der Waals surface area contributed by atoms with Gasteiger partial charge in [-0.25, -0.2) is 0 Å². The molecule has 1 saturated heterocycles. The maximum Gasteiger partial charge on any atom is 0.227 e. The summed E-state index contributed by atoms with van der Waals surface area (Å²) in [6, 6.07) is 19.3. The third-order valence-corrected chi connectivity index (χ3v) is 5.24. The lowest BCUT2D eigenvalue weighted by Crippen LogP contribution is -2.46. The van der Waals surface area contributed by atoms with Crippen molar-refractivity contribution in [2.24, 2.45) is 0 Å². The second-order valence-corrected chi connectivity index (χ2v) is 7.53. The van der Waals surface area contributed by atoms with Crippen LogP contribution in [0.15, 0.2) is 76.1 Å². The number of hydrogen-bond acceptors (Lipinski definition) is 5. The number of rotatable bonds is 6. The molecule has 0 saturated carbocycles. The predicted molar refractivity (Wildman–Crippen MR) is 115 cm³/mol. The maximum atomic E-state index is 12.4. The quantitative estimate of drug-likeness (QED) is 0.609. The van der Waals surface area contributed by atoms with Crippen molar-refractivity contribution in [3.05, 3.63) is 93.5 Å². The molecule has 5 nitrogen and oxygen atoms in total. The minimum Gasteiger partial charge on any atom is -0.482 e. The summed E-state index contributed by atoms with van der Waals surface area (Å²) in [6.45, 7) is 4.64. The van der Waals surface area contributed by atoms with Crippen molar-refractivity contribution in [2.45, 2.75) is 13.2 Å². The summed E-state index contributed by atoms with van der Waals surface area (Å²) in [7, 11) is 0. The van der Waals surface area contributed by atoms with Crippen LogP contribution in [-0.4, -0.2) is 31.1 Å². The maximum absolute atomic E-state index is 12.4. The summed E-state index contributed by atoms with van der Waals surface area (Å²) in [5.74, 6) is 0.862. The Labute approximate surface area is 175 Å². The molecule has 0 N–H and O–H groups in total. The molecule has 1 fully saturated rings. The molecule has 4 rings (SSSR count). The molecule has 1 aliphatic rings. The van der Waals surface area contributed by atoms with Crippen LogP contribution in [0.5, 0.6) is 5.75 Å². The van der Waals surface area contributed by atoms with E-state index in [9.17, 15) is 4.79 Å².